The first-order valence-corrected chi connectivity index (χ1v) is 6.18. The Bertz CT molecular complexity index is 642. The largest absolute Gasteiger partial charge is 0.478 e. The molecule has 2 heterocycles. The van der Waals surface area contributed by atoms with Gasteiger partial charge in [0.15, 0.2) is 5.82 Å². The fourth-order valence-corrected chi connectivity index (χ4v) is 2.18. The minimum Gasteiger partial charge on any atom is -0.478 e. The molecule has 0 saturated carbocycles. The maximum absolute atomic E-state index is 11.9. The number of carboxylic acids is 1. The molecule has 0 aliphatic rings. The van der Waals surface area contributed by atoms with Crippen LogP contribution in [0.5, 0.6) is 0 Å². The van der Waals surface area contributed by atoms with Gasteiger partial charge in [0, 0.05) is 30.3 Å². The highest BCUT2D eigenvalue weighted by Gasteiger charge is 2.10. The molecule has 2 aromatic heterocycles. The Labute approximate surface area is 113 Å². The number of amides is 1. The lowest BCUT2D eigenvalue weighted by Gasteiger charge is -1.97. The number of carbonyl (C=O) groups excluding carboxylic acids is 1. The van der Waals surface area contributed by atoms with Gasteiger partial charge >= 0.3 is 5.97 Å². The molecule has 2 rings (SSSR count). The van der Waals surface area contributed by atoms with Crippen LogP contribution in [-0.2, 0) is 11.8 Å². The summed E-state index contributed by atoms with van der Waals surface area (Å²) in [5.41, 5.74) is 0. The summed E-state index contributed by atoms with van der Waals surface area (Å²) in [7, 11) is 1.76. The molecular weight excluding hydrogens is 266 g/mol. The van der Waals surface area contributed by atoms with Crippen LogP contribution in [0.4, 0.5) is 5.82 Å². The fraction of sp³-hybridized carbons (Fsp3) is 0.0833. The van der Waals surface area contributed by atoms with Crippen molar-refractivity contribution >= 4 is 35.1 Å². The lowest BCUT2D eigenvalue weighted by atomic mass is 10.4. The molecule has 0 radical (unpaired) electrons. The third kappa shape index (κ3) is 3.52. The molecule has 0 aliphatic heterocycles. The lowest BCUT2D eigenvalue weighted by Crippen LogP contribution is -2.10. The van der Waals surface area contributed by atoms with E-state index >= 15 is 0 Å². The monoisotopic (exact) mass is 277 g/mol. The van der Waals surface area contributed by atoms with Gasteiger partial charge in [-0.15, -0.1) is 11.3 Å². The molecule has 0 aromatic carbocycles. The van der Waals surface area contributed by atoms with Gasteiger partial charge in [-0.2, -0.15) is 5.10 Å². The van der Waals surface area contributed by atoms with Crippen LogP contribution in [0, 0.1) is 0 Å². The first-order valence-electron chi connectivity index (χ1n) is 5.36. The molecule has 0 spiro atoms. The van der Waals surface area contributed by atoms with Gasteiger partial charge in [0.25, 0.3) is 5.91 Å². The normalized spacial score (nSPS) is 10.8. The second kappa shape index (κ2) is 5.49. The van der Waals surface area contributed by atoms with Gasteiger partial charge in [-0.1, -0.05) is 0 Å². The van der Waals surface area contributed by atoms with E-state index in [1.807, 2.05) is 0 Å². The van der Waals surface area contributed by atoms with E-state index in [9.17, 15) is 9.59 Å². The molecule has 0 fully saturated rings. The molecule has 0 unspecified atom stereocenters. The van der Waals surface area contributed by atoms with E-state index in [0.717, 1.165) is 6.08 Å². The van der Waals surface area contributed by atoms with Crippen molar-refractivity contribution in [3.05, 3.63) is 40.2 Å². The molecule has 0 saturated heterocycles. The Morgan fingerprint density at radius 3 is 2.84 bits per heavy atom. The number of rotatable bonds is 4. The van der Waals surface area contributed by atoms with E-state index in [2.05, 4.69) is 10.4 Å². The Kier molecular flexibility index (Phi) is 3.76. The van der Waals surface area contributed by atoms with Gasteiger partial charge in [0.2, 0.25) is 0 Å². The van der Waals surface area contributed by atoms with Crippen molar-refractivity contribution in [1.29, 1.82) is 0 Å². The Morgan fingerprint density at radius 1 is 1.42 bits per heavy atom. The minimum absolute atomic E-state index is 0.265. The number of aliphatic carboxylic acids is 1. The topological polar surface area (TPSA) is 84.2 Å². The molecule has 2 aromatic rings. The quantitative estimate of drug-likeness (QED) is 0.835. The van der Waals surface area contributed by atoms with Crippen molar-refractivity contribution < 1.29 is 14.7 Å². The molecule has 2 N–H and O–H groups in total. The maximum atomic E-state index is 11.9. The number of nitrogens with one attached hydrogen (secondary N) is 1. The van der Waals surface area contributed by atoms with Crippen LogP contribution in [0.1, 0.15) is 14.5 Å². The number of aryl methyl sites for hydroxylation is 1. The van der Waals surface area contributed by atoms with Crippen molar-refractivity contribution in [3.8, 4) is 0 Å². The molecule has 6 nitrogen and oxygen atoms in total. The van der Waals surface area contributed by atoms with Crippen LogP contribution in [0.15, 0.2) is 30.5 Å². The number of hydrogen-bond donors (Lipinski definition) is 2. The smallest absolute Gasteiger partial charge is 0.328 e. The molecule has 1 amide bonds. The van der Waals surface area contributed by atoms with Gasteiger partial charge in [-0.05, 0) is 18.2 Å². The van der Waals surface area contributed by atoms with Crippen LogP contribution in [0.3, 0.4) is 0 Å². The van der Waals surface area contributed by atoms with E-state index < -0.39 is 5.97 Å². The highest BCUT2D eigenvalue weighted by Crippen LogP contribution is 2.19. The minimum atomic E-state index is -1.02. The summed E-state index contributed by atoms with van der Waals surface area (Å²) in [4.78, 5) is 23.5. The highest BCUT2D eigenvalue weighted by atomic mass is 32.1. The van der Waals surface area contributed by atoms with Crippen molar-refractivity contribution in [2.24, 2.45) is 7.05 Å². The zero-order valence-corrected chi connectivity index (χ0v) is 10.8. The zero-order valence-electron chi connectivity index (χ0n) is 10.0. The van der Waals surface area contributed by atoms with Crippen molar-refractivity contribution in [2.75, 3.05) is 5.32 Å². The average molecular weight is 277 g/mol. The van der Waals surface area contributed by atoms with E-state index in [1.165, 1.54) is 17.4 Å². The average Bonchev–Trinajstić information content (AvgIpc) is 2.95. The van der Waals surface area contributed by atoms with E-state index in [1.54, 1.807) is 36.1 Å². The van der Waals surface area contributed by atoms with Crippen LogP contribution >= 0.6 is 11.3 Å². The number of anilines is 1. The predicted molar refractivity (Wildman–Crippen MR) is 72.2 cm³/mol. The first kappa shape index (κ1) is 13.0. The first-order chi connectivity index (χ1) is 9.04. The van der Waals surface area contributed by atoms with E-state index in [-0.39, 0.29) is 5.91 Å². The predicted octanol–water partition coefficient (Wildman–Crippen LogP) is 1.83. The van der Waals surface area contributed by atoms with Crippen molar-refractivity contribution in [2.45, 2.75) is 0 Å². The van der Waals surface area contributed by atoms with Crippen LogP contribution in [-0.4, -0.2) is 26.8 Å². The Hall–Kier alpha value is -2.41. The summed E-state index contributed by atoms with van der Waals surface area (Å²) in [6, 6.07) is 5.03. The second-order valence-electron chi connectivity index (χ2n) is 3.70. The second-order valence-corrected chi connectivity index (χ2v) is 4.82. The summed E-state index contributed by atoms with van der Waals surface area (Å²) in [6.07, 6.45) is 4.21. The number of hydrogen-bond acceptors (Lipinski definition) is 4. The van der Waals surface area contributed by atoms with E-state index in [4.69, 9.17) is 5.11 Å². The summed E-state index contributed by atoms with van der Waals surface area (Å²) in [6.45, 7) is 0. The van der Waals surface area contributed by atoms with E-state index in [0.29, 0.717) is 15.6 Å². The summed E-state index contributed by atoms with van der Waals surface area (Å²) in [5.74, 6) is -0.810. The van der Waals surface area contributed by atoms with Gasteiger partial charge in [0.1, 0.15) is 0 Å². The SMILES string of the molecule is Cn1ccc(NC(=O)c2ccc(C=CC(=O)O)s2)n1. The van der Waals surface area contributed by atoms with Gasteiger partial charge < -0.3 is 10.4 Å². The summed E-state index contributed by atoms with van der Waals surface area (Å²) < 4.78 is 1.59. The van der Waals surface area contributed by atoms with Crippen molar-refractivity contribution in [3.63, 3.8) is 0 Å². The maximum Gasteiger partial charge on any atom is 0.328 e. The van der Waals surface area contributed by atoms with Crippen LogP contribution in [0.25, 0.3) is 6.08 Å². The van der Waals surface area contributed by atoms with Gasteiger partial charge in [-0.25, -0.2) is 4.79 Å². The molecule has 0 atom stereocenters. The van der Waals surface area contributed by atoms with Crippen LogP contribution < -0.4 is 5.32 Å². The van der Waals surface area contributed by atoms with Crippen molar-refractivity contribution in [1.82, 2.24) is 9.78 Å². The number of thiophene rings is 1. The molecule has 19 heavy (non-hydrogen) atoms. The number of carbonyl (C=O) groups is 2. The van der Waals surface area contributed by atoms with Crippen LogP contribution in [0.2, 0.25) is 0 Å². The number of nitrogens with zero attached hydrogens (tertiary/aromatic N) is 2. The third-order valence-electron chi connectivity index (χ3n) is 2.20. The Balaban J connectivity index is 2.06. The number of carboxylic acid groups (broad SMARTS) is 1. The highest BCUT2D eigenvalue weighted by molar-refractivity contribution is 7.15. The summed E-state index contributed by atoms with van der Waals surface area (Å²) in [5, 5.41) is 15.2. The molecule has 7 heteroatoms. The fourth-order valence-electron chi connectivity index (χ4n) is 1.38. The summed E-state index contributed by atoms with van der Waals surface area (Å²) >= 11 is 1.21. The zero-order chi connectivity index (χ0) is 13.8. The standard InChI is InChI=1S/C12H11N3O3S/c1-15-7-6-10(14-15)13-12(18)9-4-2-8(19-9)3-5-11(16)17/h2-7H,1H3,(H,16,17)(H,13,14,18). The lowest BCUT2D eigenvalue weighted by molar-refractivity contribution is -0.131. The molecule has 0 bridgehead atoms. The molecular formula is C12H11N3O3S. The molecule has 0 aliphatic carbocycles. The third-order valence-corrected chi connectivity index (χ3v) is 3.25. The molecule has 98 valence electrons. The van der Waals surface area contributed by atoms with Gasteiger partial charge in [-0.3, -0.25) is 9.48 Å². The van der Waals surface area contributed by atoms with Gasteiger partial charge in [0.05, 0.1) is 4.88 Å². The number of aromatic nitrogens is 2. The Morgan fingerprint density at radius 2 is 2.21 bits per heavy atom.